The van der Waals surface area contributed by atoms with E-state index in [0.29, 0.717) is 22.9 Å². The van der Waals surface area contributed by atoms with Gasteiger partial charge in [0, 0.05) is 43.5 Å². The Labute approximate surface area is 255 Å². The van der Waals surface area contributed by atoms with Crippen LogP contribution in [0, 0.1) is 0 Å². The van der Waals surface area contributed by atoms with Crippen molar-refractivity contribution in [2.45, 2.75) is 65.1 Å². The molecule has 3 aromatic rings. The van der Waals surface area contributed by atoms with Gasteiger partial charge in [0.1, 0.15) is 23.8 Å². The zero-order valence-corrected chi connectivity index (χ0v) is 27.1. The lowest BCUT2D eigenvalue weighted by Gasteiger charge is -2.36. The number of anilines is 5. The molecule has 232 valence electrons. The van der Waals surface area contributed by atoms with E-state index in [2.05, 4.69) is 58.8 Å². The number of benzene rings is 1. The fraction of sp³-hybridized carbons (Fsp3) is 0.500. The summed E-state index contributed by atoms with van der Waals surface area (Å²) in [6.45, 7) is 13.8. The zero-order chi connectivity index (χ0) is 31.6. The lowest BCUT2D eigenvalue weighted by molar-refractivity contribution is 0.0377. The third kappa shape index (κ3) is 6.46. The van der Waals surface area contributed by atoms with E-state index in [1.807, 2.05) is 58.1 Å². The van der Waals surface area contributed by atoms with Crippen LogP contribution in [0.15, 0.2) is 36.8 Å². The number of ether oxygens (including phenoxy) is 2. The zero-order valence-electron chi connectivity index (χ0n) is 27.1. The molecule has 2 aromatic heterocycles. The number of nitrogens with one attached hydrogen (secondary N) is 1. The maximum atomic E-state index is 13.2. The van der Waals surface area contributed by atoms with E-state index >= 15 is 0 Å². The number of methoxy groups -OCH3 is 1. The van der Waals surface area contributed by atoms with Crippen molar-refractivity contribution in [1.82, 2.24) is 19.9 Å². The highest BCUT2D eigenvalue weighted by Gasteiger charge is 2.49. The summed E-state index contributed by atoms with van der Waals surface area (Å²) in [5.41, 5.74) is 11.3. The van der Waals surface area contributed by atoms with Crippen LogP contribution in [0.1, 0.15) is 69.2 Å². The number of likely N-dealkylation sites (N-methyl/N-ethyl adjacent to an activating group) is 2. The van der Waals surface area contributed by atoms with Crippen molar-refractivity contribution in [2.75, 3.05) is 62.2 Å². The third-order valence-electron chi connectivity index (χ3n) is 7.72. The Morgan fingerprint density at radius 2 is 1.86 bits per heavy atom. The normalized spacial score (nSPS) is 15.7. The number of nitrogens with two attached hydrogens (primary N) is 1. The van der Waals surface area contributed by atoms with Gasteiger partial charge in [0.2, 0.25) is 0 Å². The summed E-state index contributed by atoms with van der Waals surface area (Å²) in [5.74, 6) is 0.824. The highest BCUT2D eigenvalue weighted by Crippen LogP contribution is 2.49. The van der Waals surface area contributed by atoms with E-state index in [1.54, 1.807) is 7.11 Å². The number of nitrogens with zero attached hydrogens (tertiary/aromatic N) is 6. The fourth-order valence-corrected chi connectivity index (χ4v) is 5.28. The van der Waals surface area contributed by atoms with Gasteiger partial charge in [-0.25, -0.2) is 14.8 Å². The molecule has 1 aliphatic heterocycles. The first-order chi connectivity index (χ1) is 20.3. The number of pyridine rings is 1. The van der Waals surface area contributed by atoms with Gasteiger partial charge in [0.05, 0.1) is 41.7 Å². The van der Waals surface area contributed by atoms with Crippen molar-refractivity contribution >= 4 is 34.5 Å². The summed E-state index contributed by atoms with van der Waals surface area (Å²) in [6, 6.07) is 7.94. The Hall–Kier alpha value is -4.12. The molecule has 0 aliphatic carbocycles. The quantitative estimate of drug-likeness (QED) is 0.231. The van der Waals surface area contributed by atoms with Crippen LogP contribution in [0.5, 0.6) is 5.75 Å². The van der Waals surface area contributed by atoms with Crippen LogP contribution in [-0.4, -0.2) is 79.4 Å². The van der Waals surface area contributed by atoms with E-state index in [9.17, 15) is 4.79 Å². The van der Waals surface area contributed by atoms with Gasteiger partial charge in [0.25, 0.3) is 0 Å². The summed E-state index contributed by atoms with van der Waals surface area (Å²) < 4.78 is 11.5. The fourth-order valence-electron chi connectivity index (χ4n) is 5.28. The van der Waals surface area contributed by atoms with Crippen LogP contribution < -0.4 is 25.6 Å². The average molecular weight is 591 g/mol. The van der Waals surface area contributed by atoms with Gasteiger partial charge in [-0.05, 0) is 52.1 Å². The Morgan fingerprint density at radius 3 is 2.49 bits per heavy atom. The molecular weight excluding hydrogens is 544 g/mol. The molecule has 43 heavy (non-hydrogen) atoms. The number of carbonyl (C=O) groups is 1. The van der Waals surface area contributed by atoms with Crippen LogP contribution in [0.4, 0.5) is 28.6 Å². The third-order valence-corrected chi connectivity index (χ3v) is 7.72. The van der Waals surface area contributed by atoms with Crippen molar-refractivity contribution in [3.63, 3.8) is 0 Å². The Morgan fingerprint density at radius 1 is 1.14 bits per heavy atom. The van der Waals surface area contributed by atoms with Crippen LogP contribution in [-0.2, 0) is 10.2 Å². The second kappa shape index (κ2) is 12.6. The molecule has 3 heterocycles. The summed E-state index contributed by atoms with van der Waals surface area (Å²) in [7, 11) is 7.75. The minimum absolute atomic E-state index is 0.245. The van der Waals surface area contributed by atoms with E-state index in [4.69, 9.17) is 20.2 Å². The van der Waals surface area contributed by atoms with Gasteiger partial charge in [-0.1, -0.05) is 27.7 Å². The summed E-state index contributed by atoms with van der Waals surface area (Å²) in [5, 5.41) is 3.70. The van der Waals surface area contributed by atoms with Gasteiger partial charge in [-0.3, -0.25) is 4.98 Å². The van der Waals surface area contributed by atoms with Crippen LogP contribution >= 0.6 is 0 Å². The predicted octanol–water partition coefficient (Wildman–Crippen LogP) is 5.02. The number of rotatable bonds is 11. The van der Waals surface area contributed by atoms with Gasteiger partial charge in [0.15, 0.2) is 5.82 Å². The van der Waals surface area contributed by atoms with Crippen molar-refractivity contribution in [3.05, 3.63) is 53.7 Å². The summed E-state index contributed by atoms with van der Waals surface area (Å²) in [4.78, 5) is 33.4. The number of fused-ring (bicyclic) bond motifs is 1. The highest BCUT2D eigenvalue weighted by molar-refractivity contribution is 5.96. The van der Waals surface area contributed by atoms with Crippen molar-refractivity contribution in [1.29, 1.82) is 0 Å². The molecular formula is C32H46N8O3. The van der Waals surface area contributed by atoms with Gasteiger partial charge >= 0.3 is 5.97 Å². The number of hydrogen-bond acceptors (Lipinski definition) is 11. The monoisotopic (exact) mass is 590 g/mol. The number of hydrogen-bond donors (Lipinski definition) is 2. The molecule has 1 aromatic carbocycles. The molecule has 1 atom stereocenters. The molecule has 0 saturated heterocycles. The first-order valence-electron chi connectivity index (χ1n) is 14.7. The first-order valence-corrected chi connectivity index (χ1v) is 14.7. The molecule has 11 nitrogen and oxygen atoms in total. The van der Waals surface area contributed by atoms with Crippen molar-refractivity contribution in [2.24, 2.45) is 0 Å². The van der Waals surface area contributed by atoms with Crippen LogP contribution in [0.2, 0.25) is 0 Å². The first kappa shape index (κ1) is 31.8. The molecule has 0 fully saturated rings. The van der Waals surface area contributed by atoms with Gasteiger partial charge in [-0.15, -0.1) is 0 Å². The molecule has 0 saturated carbocycles. The number of esters is 1. The SMILES string of the molecule is COc1cc(N(C)CCN(C)C)c(N)cc1NC1N(c2ncncc2C(=O)OC(C)C)c2ccc(C(C)C)nc2C1(C)C. The topological polar surface area (TPSA) is 122 Å². The van der Waals surface area contributed by atoms with E-state index < -0.39 is 17.6 Å². The lowest BCUT2D eigenvalue weighted by atomic mass is 9.87. The molecule has 0 spiro atoms. The maximum Gasteiger partial charge on any atom is 0.343 e. The highest BCUT2D eigenvalue weighted by atomic mass is 16.5. The molecule has 3 N–H and O–H groups in total. The Bertz CT molecular complexity index is 1460. The lowest BCUT2D eigenvalue weighted by Crippen LogP contribution is -2.46. The minimum Gasteiger partial charge on any atom is -0.495 e. The van der Waals surface area contributed by atoms with E-state index in [0.717, 1.165) is 35.9 Å². The molecule has 0 amide bonds. The number of carbonyl (C=O) groups excluding carboxylic acids is 1. The molecule has 11 heteroatoms. The molecule has 4 rings (SSSR count). The molecule has 1 unspecified atom stereocenters. The smallest absolute Gasteiger partial charge is 0.343 e. The summed E-state index contributed by atoms with van der Waals surface area (Å²) >= 11 is 0. The minimum atomic E-state index is -0.536. The van der Waals surface area contributed by atoms with Crippen molar-refractivity contribution < 1.29 is 14.3 Å². The van der Waals surface area contributed by atoms with Crippen LogP contribution in [0.3, 0.4) is 0 Å². The molecule has 1 aliphatic rings. The van der Waals surface area contributed by atoms with Crippen molar-refractivity contribution in [3.8, 4) is 5.75 Å². The predicted molar refractivity (Wildman–Crippen MR) is 173 cm³/mol. The second-order valence-corrected chi connectivity index (χ2v) is 12.4. The van der Waals surface area contributed by atoms with Gasteiger partial charge < -0.3 is 35.2 Å². The van der Waals surface area contributed by atoms with Gasteiger partial charge in [-0.2, -0.15) is 0 Å². The summed E-state index contributed by atoms with van der Waals surface area (Å²) in [6.07, 6.45) is 2.22. The second-order valence-electron chi connectivity index (χ2n) is 12.4. The van der Waals surface area contributed by atoms with E-state index in [1.165, 1.54) is 12.5 Å². The Kier molecular flexibility index (Phi) is 9.34. The maximum absolute atomic E-state index is 13.2. The molecule has 0 radical (unpaired) electrons. The van der Waals surface area contributed by atoms with Crippen LogP contribution in [0.25, 0.3) is 0 Å². The molecule has 0 bridgehead atoms. The van der Waals surface area contributed by atoms with E-state index in [-0.39, 0.29) is 17.6 Å². The number of aromatic nitrogens is 3. The average Bonchev–Trinajstić information content (AvgIpc) is 3.16. The standard InChI is InChI=1S/C32H46N8O3/c1-19(2)23-11-12-25-28(36-23)32(5,6)31(40(25)29-21(17-34-18-35-29)30(41)43-20(3)4)37-24-15-22(33)26(16-27(24)42-10)39(9)14-13-38(7)8/h11-12,15-20,31,37H,13-14,33H2,1-10H3. The largest absolute Gasteiger partial charge is 0.495 e. The Balaban J connectivity index is 1.85. The number of nitrogen functional groups attached to an aromatic ring is 1.